The Balaban J connectivity index is 1.90. The topological polar surface area (TPSA) is 140 Å². The zero-order valence-corrected chi connectivity index (χ0v) is 12.7. The highest BCUT2D eigenvalue weighted by Crippen LogP contribution is 2.29. The predicted molar refractivity (Wildman–Crippen MR) is 81.5 cm³/mol. The number of rotatable bonds is 3. The maximum Gasteiger partial charge on any atom is 0.325 e. The molecule has 0 unspecified atom stereocenters. The Bertz CT molecular complexity index is 806. The van der Waals surface area contributed by atoms with Gasteiger partial charge < -0.3 is 16.8 Å². The van der Waals surface area contributed by atoms with Crippen LogP contribution in [0.5, 0.6) is 0 Å². The predicted octanol–water partition coefficient (Wildman–Crippen LogP) is 0.142. The molecule has 1 aliphatic rings. The summed E-state index contributed by atoms with van der Waals surface area (Å²) in [5.74, 6) is -1.08. The standard InChI is InChI=1S/C14H14FN7O2/c1-14(7-2-4-8(15)5-3-7)10(23)22(13(24)21-14)6-9-18-11(16)20-12(17)19-9/h2-5H,6H2,1H3,(H,21,24)(H4,16,17,18,19,20)/t14-/m0/s1. The molecule has 0 spiro atoms. The molecule has 1 saturated heterocycles. The summed E-state index contributed by atoms with van der Waals surface area (Å²) in [5, 5.41) is 2.60. The van der Waals surface area contributed by atoms with Crippen molar-refractivity contribution in [3.8, 4) is 0 Å². The number of urea groups is 1. The van der Waals surface area contributed by atoms with E-state index < -0.39 is 23.3 Å². The molecule has 3 amide bonds. The Morgan fingerprint density at radius 2 is 1.71 bits per heavy atom. The van der Waals surface area contributed by atoms with Gasteiger partial charge in [0.15, 0.2) is 5.82 Å². The van der Waals surface area contributed by atoms with E-state index in [-0.39, 0.29) is 24.3 Å². The van der Waals surface area contributed by atoms with Gasteiger partial charge in [-0.3, -0.25) is 9.69 Å². The van der Waals surface area contributed by atoms with Crippen molar-refractivity contribution in [1.82, 2.24) is 25.2 Å². The van der Waals surface area contributed by atoms with Crippen LogP contribution in [-0.2, 0) is 16.9 Å². The summed E-state index contributed by atoms with van der Waals surface area (Å²) in [7, 11) is 0. The molecule has 1 aliphatic heterocycles. The number of nitrogens with one attached hydrogen (secondary N) is 1. The summed E-state index contributed by atoms with van der Waals surface area (Å²) in [5.41, 5.74) is 10.1. The smallest absolute Gasteiger partial charge is 0.325 e. The molecule has 1 aromatic heterocycles. The molecule has 24 heavy (non-hydrogen) atoms. The van der Waals surface area contributed by atoms with Crippen LogP contribution in [0.25, 0.3) is 0 Å². The van der Waals surface area contributed by atoms with Crippen molar-refractivity contribution in [2.45, 2.75) is 19.0 Å². The molecule has 9 nitrogen and oxygen atoms in total. The summed E-state index contributed by atoms with van der Waals surface area (Å²) in [4.78, 5) is 37.2. The SMILES string of the molecule is C[C@@]1(c2ccc(F)cc2)NC(=O)N(Cc2nc(N)nc(N)n2)C1=O. The maximum atomic E-state index is 13.1. The molecule has 0 bridgehead atoms. The van der Waals surface area contributed by atoms with Crippen molar-refractivity contribution in [2.75, 3.05) is 11.5 Å². The van der Waals surface area contributed by atoms with Crippen LogP contribution < -0.4 is 16.8 Å². The molecular weight excluding hydrogens is 317 g/mol. The second-order valence-corrected chi connectivity index (χ2v) is 5.42. The first-order chi connectivity index (χ1) is 11.3. The number of benzene rings is 1. The first kappa shape index (κ1) is 15.6. The summed E-state index contributed by atoms with van der Waals surface area (Å²) >= 11 is 0. The minimum absolute atomic E-state index is 0.0897. The van der Waals surface area contributed by atoms with Crippen LogP contribution in [0.3, 0.4) is 0 Å². The number of carbonyl (C=O) groups is 2. The number of hydrogen-bond donors (Lipinski definition) is 3. The van der Waals surface area contributed by atoms with Gasteiger partial charge in [-0.15, -0.1) is 0 Å². The first-order valence-corrected chi connectivity index (χ1v) is 6.95. The lowest BCUT2D eigenvalue weighted by molar-refractivity contribution is -0.131. The zero-order chi connectivity index (χ0) is 17.5. The summed E-state index contributed by atoms with van der Waals surface area (Å²) in [6.07, 6.45) is 0. The molecule has 124 valence electrons. The number of nitrogens with two attached hydrogens (primary N) is 2. The third-order valence-corrected chi connectivity index (χ3v) is 3.71. The van der Waals surface area contributed by atoms with Crippen molar-refractivity contribution in [1.29, 1.82) is 0 Å². The highest BCUT2D eigenvalue weighted by atomic mass is 19.1. The Hall–Kier alpha value is -3.30. The van der Waals surface area contributed by atoms with Crippen LogP contribution in [0.15, 0.2) is 24.3 Å². The van der Waals surface area contributed by atoms with Crippen molar-refractivity contribution in [2.24, 2.45) is 0 Å². The van der Waals surface area contributed by atoms with Gasteiger partial charge in [-0.1, -0.05) is 12.1 Å². The molecule has 2 heterocycles. The molecule has 10 heteroatoms. The third-order valence-electron chi connectivity index (χ3n) is 3.71. The second kappa shape index (κ2) is 5.41. The fraction of sp³-hybridized carbons (Fsp3) is 0.214. The number of aromatic nitrogens is 3. The number of halogens is 1. The van der Waals surface area contributed by atoms with Gasteiger partial charge in [0, 0.05) is 0 Å². The van der Waals surface area contributed by atoms with Crippen LogP contribution in [0, 0.1) is 5.82 Å². The van der Waals surface area contributed by atoms with Gasteiger partial charge in [-0.05, 0) is 24.6 Å². The Kier molecular flexibility index (Phi) is 3.51. The highest BCUT2D eigenvalue weighted by Gasteiger charge is 2.49. The Labute approximate surface area is 135 Å². The van der Waals surface area contributed by atoms with Crippen molar-refractivity contribution >= 4 is 23.8 Å². The normalized spacial score (nSPS) is 20.3. The van der Waals surface area contributed by atoms with Crippen molar-refractivity contribution < 1.29 is 14.0 Å². The van der Waals surface area contributed by atoms with E-state index in [1.807, 2.05) is 0 Å². The van der Waals surface area contributed by atoms with E-state index in [2.05, 4.69) is 20.3 Å². The number of anilines is 2. The summed E-state index contributed by atoms with van der Waals surface area (Å²) in [6.45, 7) is 1.33. The summed E-state index contributed by atoms with van der Waals surface area (Å²) < 4.78 is 13.1. The average Bonchev–Trinajstić information content (AvgIpc) is 2.71. The molecule has 0 radical (unpaired) electrons. The van der Waals surface area contributed by atoms with Gasteiger partial charge in [0.05, 0.1) is 6.54 Å². The largest absolute Gasteiger partial charge is 0.368 e. The highest BCUT2D eigenvalue weighted by molar-refractivity contribution is 6.07. The Morgan fingerprint density at radius 1 is 1.12 bits per heavy atom. The number of amides is 3. The van der Waals surface area contributed by atoms with E-state index in [1.165, 1.54) is 31.2 Å². The minimum Gasteiger partial charge on any atom is -0.368 e. The van der Waals surface area contributed by atoms with Crippen LogP contribution in [-0.4, -0.2) is 31.8 Å². The van der Waals surface area contributed by atoms with E-state index in [0.29, 0.717) is 5.56 Å². The molecule has 0 saturated carbocycles. The number of nitrogens with zero attached hydrogens (tertiary/aromatic N) is 4. The maximum absolute atomic E-state index is 13.1. The lowest BCUT2D eigenvalue weighted by Gasteiger charge is -2.22. The van der Waals surface area contributed by atoms with Crippen LogP contribution in [0.4, 0.5) is 21.1 Å². The number of hydrogen-bond acceptors (Lipinski definition) is 7. The van der Waals surface area contributed by atoms with E-state index >= 15 is 0 Å². The molecule has 1 atom stereocenters. The minimum atomic E-state index is -1.31. The lowest BCUT2D eigenvalue weighted by atomic mass is 9.92. The van der Waals surface area contributed by atoms with E-state index in [1.54, 1.807) is 0 Å². The van der Waals surface area contributed by atoms with Gasteiger partial charge in [0.25, 0.3) is 5.91 Å². The van der Waals surface area contributed by atoms with Crippen molar-refractivity contribution in [3.05, 3.63) is 41.5 Å². The van der Waals surface area contributed by atoms with Gasteiger partial charge in [-0.2, -0.15) is 15.0 Å². The van der Waals surface area contributed by atoms with Crippen LogP contribution in [0.2, 0.25) is 0 Å². The lowest BCUT2D eigenvalue weighted by Crippen LogP contribution is -2.40. The third kappa shape index (κ3) is 2.57. The zero-order valence-electron chi connectivity index (χ0n) is 12.7. The molecule has 3 rings (SSSR count). The van der Waals surface area contributed by atoms with Gasteiger partial charge in [0.1, 0.15) is 11.4 Å². The number of imide groups is 1. The van der Waals surface area contributed by atoms with Crippen molar-refractivity contribution in [3.63, 3.8) is 0 Å². The monoisotopic (exact) mass is 331 g/mol. The molecule has 0 aliphatic carbocycles. The number of nitrogen functional groups attached to an aromatic ring is 2. The van der Waals surface area contributed by atoms with E-state index in [9.17, 15) is 14.0 Å². The van der Waals surface area contributed by atoms with Gasteiger partial charge in [0.2, 0.25) is 11.9 Å². The molecule has 1 fully saturated rings. The molecule has 5 N–H and O–H groups in total. The van der Waals surface area contributed by atoms with Gasteiger partial charge >= 0.3 is 6.03 Å². The van der Waals surface area contributed by atoms with Gasteiger partial charge in [-0.25, -0.2) is 9.18 Å². The first-order valence-electron chi connectivity index (χ1n) is 6.95. The number of carbonyl (C=O) groups excluding carboxylic acids is 2. The average molecular weight is 331 g/mol. The second-order valence-electron chi connectivity index (χ2n) is 5.42. The van der Waals surface area contributed by atoms with E-state index in [0.717, 1.165) is 4.90 Å². The van der Waals surface area contributed by atoms with E-state index in [4.69, 9.17) is 11.5 Å². The molecule has 1 aromatic carbocycles. The van der Waals surface area contributed by atoms with Crippen LogP contribution >= 0.6 is 0 Å². The fourth-order valence-electron chi connectivity index (χ4n) is 2.49. The Morgan fingerprint density at radius 3 is 2.29 bits per heavy atom. The molecular formula is C14H14FN7O2. The molecule has 2 aromatic rings. The summed E-state index contributed by atoms with van der Waals surface area (Å²) in [6, 6.07) is 4.70. The fourth-order valence-corrected chi connectivity index (χ4v) is 2.49. The quantitative estimate of drug-likeness (QED) is 0.680. The van der Waals surface area contributed by atoms with Crippen LogP contribution in [0.1, 0.15) is 18.3 Å².